The number of anilines is 2. The lowest BCUT2D eigenvalue weighted by Crippen LogP contribution is -2.24. The normalized spacial score (nSPS) is 17.9. The van der Waals surface area contributed by atoms with Crippen LogP contribution in [0.4, 0.5) is 11.5 Å². The highest BCUT2D eigenvalue weighted by molar-refractivity contribution is 5.60. The lowest BCUT2D eigenvalue weighted by atomic mass is 10.0. The van der Waals surface area contributed by atoms with E-state index in [0.717, 1.165) is 25.2 Å². The van der Waals surface area contributed by atoms with E-state index in [9.17, 15) is 5.26 Å². The smallest absolute Gasteiger partial charge is 0.147 e. The van der Waals surface area contributed by atoms with Gasteiger partial charge in [-0.1, -0.05) is 30.3 Å². The van der Waals surface area contributed by atoms with Crippen LogP contribution in [0, 0.1) is 11.3 Å². The minimum atomic E-state index is 0.291. The summed E-state index contributed by atoms with van der Waals surface area (Å²) < 4.78 is 0. The molecular formula is C16H16N4. The summed E-state index contributed by atoms with van der Waals surface area (Å²) in [7, 11) is 0. The van der Waals surface area contributed by atoms with Crippen LogP contribution >= 0.6 is 0 Å². The van der Waals surface area contributed by atoms with E-state index in [0.29, 0.717) is 17.3 Å². The number of nitrogens with two attached hydrogens (primary N) is 1. The molecule has 1 aromatic heterocycles. The Morgan fingerprint density at radius 1 is 1.30 bits per heavy atom. The second-order valence-electron chi connectivity index (χ2n) is 5.01. The monoisotopic (exact) mass is 264 g/mol. The molecule has 2 N–H and O–H groups in total. The number of hydrogen-bond donors (Lipinski definition) is 1. The maximum absolute atomic E-state index is 9.29. The Kier molecular flexibility index (Phi) is 3.26. The quantitative estimate of drug-likeness (QED) is 0.905. The Balaban J connectivity index is 1.99. The maximum atomic E-state index is 9.29. The molecule has 3 rings (SSSR count). The van der Waals surface area contributed by atoms with Crippen LogP contribution in [0.15, 0.2) is 42.6 Å². The first-order valence-corrected chi connectivity index (χ1v) is 6.77. The van der Waals surface area contributed by atoms with Crippen molar-refractivity contribution >= 4 is 11.5 Å². The van der Waals surface area contributed by atoms with E-state index in [-0.39, 0.29) is 0 Å². The molecule has 0 saturated carbocycles. The molecule has 4 nitrogen and oxygen atoms in total. The minimum Gasteiger partial charge on any atom is -0.397 e. The van der Waals surface area contributed by atoms with Crippen molar-refractivity contribution in [3.8, 4) is 6.07 Å². The van der Waals surface area contributed by atoms with Gasteiger partial charge in [0.05, 0.1) is 23.5 Å². The Hall–Kier alpha value is -2.54. The fourth-order valence-corrected chi connectivity index (χ4v) is 2.83. The highest BCUT2D eigenvalue weighted by Crippen LogP contribution is 2.36. The van der Waals surface area contributed by atoms with Gasteiger partial charge in [-0.15, -0.1) is 0 Å². The number of benzene rings is 1. The highest BCUT2D eigenvalue weighted by atomic mass is 15.2. The zero-order valence-corrected chi connectivity index (χ0v) is 11.2. The molecule has 1 saturated heterocycles. The third-order valence-electron chi connectivity index (χ3n) is 3.72. The second-order valence-corrected chi connectivity index (χ2v) is 5.01. The molecule has 1 fully saturated rings. The molecule has 1 aliphatic rings. The lowest BCUT2D eigenvalue weighted by Gasteiger charge is -2.26. The molecule has 2 heterocycles. The third kappa shape index (κ3) is 2.19. The molecule has 4 heteroatoms. The number of pyridine rings is 1. The van der Waals surface area contributed by atoms with Crippen LogP contribution in [0.25, 0.3) is 0 Å². The molecule has 0 spiro atoms. The molecule has 2 aromatic rings. The van der Waals surface area contributed by atoms with Gasteiger partial charge in [-0.05, 0) is 24.5 Å². The standard InChI is InChI=1S/C16H16N4/c17-10-13-9-14(18)11-19-16(13)20-8-4-7-15(20)12-5-2-1-3-6-12/h1-3,5-6,9,11,15H,4,7-8,18H2. The van der Waals surface area contributed by atoms with Gasteiger partial charge in [-0.3, -0.25) is 0 Å². The van der Waals surface area contributed by atoms with Crippen LogP contribution in [0.3, 0.4) is 0 Å². The van der Waals surface area contributed by atoms with Crippen molar-refractivity contribution in [1.82, 2.24) is 4.98 Å². The Bertz CT molecular complexity index is 645. The minimum absolute atomic E-state index is 0.291. The third-order valence-corrected chi connectivity index (χ3v) is 3.72. The van der Waals surface area contributed by atoms with Gasteiger partial charge in [-0.25, -0.2) is 4.98 Å². The molecule has 0 aliphatic carbocycles. The van der Waals surface area contributed by atoms with Crippen LogP contribution in [-0.2, 0) is 0 Å². The molecular weight excluding hydrogens is 248 g/mol. The fraction of sp³-hybridized carbons (Fsp3) is 0.250. The van der Waals surface area contributed by atoms with Gasteiger partial charge >= 0.3 is 0 Å². The SMILES string of the molecule is N#Cc1cc(N)cnc1N1CCCC1c1ccccc1. The fourth-order valence-electron chi connectivity index (χ4n) is 2.83. The van der Waals surface area contributed by atoms with Gasteiger partial charge < -0.3 is 10.6 Å². The van der Waals surface area contributed by atoms with Gasteiger partial charge in [0.1, 0.15) is 11.9 Å². The summed E-state index contributed by atoms with van der Waals surface area (Å²) in [6.45, 7) is 0.922. The van der Waals surface area contributed by atoms with Gasteiger partial charge in [0.25, 0.3) is 0 Å². The molecule has 1 aliphatic heterocycles. The molecule has 1 unspecified atom stereocenters. The van der Waals surface area contributed by atoms with Crippen molar-refractivity contribution in [3.63, 3.8) is 0 Å². The van der Waals surface area contributed by atoms with Crippen LogP contribution < -0.4 is 10.6 Å². The summed E-state index contributed by atoms with van der Waals surface area (Å²) in [4.78, 5) is 6.60. The van der Waals surface area contributed by atoms with Crippen molar-refractivity contribution in [2.45, 2.75) is 18.9 Å². The first kappa shape index (κ1) is 12.5. The molecule has 1 atom stereocenters. The first-order valence-electron chi connectivity index (χ1n) is 6.77. The summed E-state index contributed by atoms with van der Waals surface area (Å²) >= 11 is 0. The predicted molar refractivity (Wildman–Crippen MR) is 79.1 cm³/mol. The summed E-state index contributed by atoms with van der Waals surface area (Å²) in [6, 6.07) is 14.6. The number of hydrogen-bond acceptors (Lipinski definition) is 4. The predicted octanol–water partition coefficient (Wildman–Crippen LogP) is 2.88. The molecule has 0 bridgehead atoms. The summed E-state index contributed by atoms with van der Waals surface area (Å²) in [6.07, 6.45) is 3.81. The number of nitriles is 1. The molecule has 100 valence electrons. The average molecular weight is 264 g/mol. The van der Waals surface area contributed by atoms with Gasteiger partial charge in [-0.2, -0.15) is 5.26 Å². The Morgan fingerprint density at radius 3 is 2.85 bits per heavy atom. The maximum Gasteiger partial charge on any atom is 0.147 e. The topological polar surface area (TPSA) is 65.9 Å². The summed E-state index contributed by atoms with van der Waals surface area (Å²) in [5, 5.41) is 9.29. The van der Waals surface area contributed by atoms with Gasteiger partial charge in [0.15, 0.2) is 0 Å². The number of aromatic nitrogens is 1. The van der Waals surface area contributed by atoms with E-state index in [1.807, 2.05) is 18.2 Å². The summed E-state index contributed by atoms with van der Waals surface area (Å²) in [5.74, 6) is 0.744. The van der Waals surface area contributed by atoms with Crippen LogP contribution in [0.1, 0.15) is 30.0 Å². The number of nitrogens with zero attached hydrogens (tertiary/aromatic N) is 3. The highest BCUT2D eigenvalue weighted by Gasteiger charge is 2.28. The van der Waals surface area contributed by atoms with E-state index < -0.39 is 0 Å². The van der Waals surface area contributed by atoms with Crippen molar-refractivity contribution < 1.29 is 0 Å². The van der Waals surface area contributed by atoms with E-state index >= 15 is 0 Å². The zero-order valence-electron chi connectivity index (χ0n) is 11.2. The van der Waals surface area contributed by atoms with Crippen molar-refractivity contribution in [3.05, 3.63) is 53.7 Å². The van der Waals surface area contributed by atoms with Crippen LogP contribution in [0.2, 0.25) is 0 Å². The van der Waals surface area contributed by atoms with Crippen molar-refractivity contribution in [2.24, 2.45) is 0 Å². The average Bonchev–Trinajstić information content (AvgIpc) is 2.97. The number of rotatable bonds is 2. The Morgan fingerprint density at radius 2 is 2.10 bits per heavy atom. The van der Waals surface area contributed by atoms with E-state index in [2.05, 4.69) is 28.1 Å². The van der Waals surface area contributed by atoms with Gasteiger partial charge in [0, 0.05) is 6.54 Å². The number of nitrogen functional groups attached to an aromatic ring is 1. The first-order chi connectivity index (χ1) is 9.79. The zero-order chi connectivity index (χ0) is 13.9. The summed E-state index contributed by atoms with van der Waals surface area (Å²) in [5.41, 5.74) is 8.06. The van der Waals surface area contributed by atoms with Crippen LogP contribution in [0.5, 0.6) is 0 Å². The molecule has 0 radical (unpaired) electrons. The van der Waals surface area contributed by atoms with E-state index in [1.165, 1.54) is 5.56 Å². The van der Waals surface area contributed by atoms with E-state index in [1.54, 1.807) is 12.3 Å². The van der Waals surface area contributed by atoms with Crippen molar-refractivity contribution in [2.75, 3.05) is 17.2 Å². The molecule has 20 heavy (non-hydrogen) atoms. The lowest BCUT2D eigenvalue weighted by molar-refractivity contribution is 0.711. The Labute approximate surface area is 118 Å². The van der Waals surface area contributed by atoms with E-state index in [4.69, 9.17) is 5.73 Å². The van der Waals surface area contributed by atoms with Crippen molar-refractivity contribution in [1.29, 1.82) is 5.26 Å². The van der Waals surface area contributed by atoms with Crippen LogP contribution in [-0.4, -0.2) is 11.5 Å². The molecule has 0 amide bonds. The largest absolute Gasteiger partial charge is 0.397 e. The second kappa shape index (κ2) is 5.22. The van der Waals surface area contributed by atoms with Gasteiger partial charge in [0.2, 0.25) is 0 Å². The molecule has 1 aromatic carbocycles.